The first kappa shape index (κ1) is 23.7. The van der Waals surface area contributed by atoms with Crippen molar-refractivity contribution in [1.29, 1.82) is 0 Å². The van der Waals surface area contributed by atoms with E-state index in [2.05, 4.69) is 26.0 Å². The summed E-state index contributed by atoms with van der Waals surface area (Å²) in [6.45, 7) is 4.12. The summed E-state index contributed by atoms with van der Waals surface area (Å²) in [5, 5.41) is 36.0. The fourth-order valence-corrected chi connectivity index (χ4v) is 4.19. The van der Waals surface area contributed by atoms with Crippen molar-refractivity contribution in [2.24, 2.45) is 35.5 Å². The standard InChI is InChI=1S/C20H30O8/c1-11-9-10-12(2)14(6-4-8-16(19(25)26)20(27)28)13(11)5-3-7-15(17(21)22)18(23)24/h9-16H,3-8H2,1-2H3,(H,21,22)(H,23,24)(H,25,26)(H,27,28). The van der Waals surface area contributed by atoms with Crippen LogP contribution in [0.5, 0.6) is 0 Å². The van der Waals surface area contributed by atoms with Crippen molar-refractivity contribution < 1.29 is 39.6 Å². The molecule has 4 unspecified atom stereocenters. The Kier molecular flexibility index (Phi) is 9.15. The first-order valence-electron chi connectivity index (χ1n) is 9.65. The quantitative estimate of drug-likeness (QED) is 0.289. The Morgan fingerprint density at radius 2 is 0.964 bits per heavy atom. The monoisotopic (exact) mass is 398 g/mol. The fraction of sp³-hybridized carbons (Fsp3) is 0.700. The number of hydrogen-bond donors (Lipinski definition) is 4. The summed E-state index contributed by atoms with van der Waals surface area (Å²) in [5.41, 5.74) is 0. The second-order valence-corrected chi connectivity index (χ2v) is 7.75. The molecule has 4 N–H and O–H groups in total. The first-order valence-corrected chi connectivity index (χ1v) is 9.65. The van der Waals surface area contributed by atoms with Gasteiger partial charge in [-0.15, -0.1) is 0 Å². The van der Waals surface area contributed by atoms with Gasteiger partial charge in [-0.05, 0) is 49.4 Å². The van der Waals surface area contributed by atoms with Gasteiger partial charge in [-0.1, -0.05) is 38.8 Å². The van der Waals surface area contributed by atoms with Gasteiger partial charge >= 0.3 is 23.9 Å². The van der Waals surface area contributed by atoms with Gasteiger partial charge in [0.2, 0.25) is 0 Å². The predicted molar refractivity (Wildman–Crippen MR) is 99.7 cm³/mol. The van der Waals surface area contributed by atoms with Gasteiger partial charge in [-0.3, -0.25) is 19.2 Å². The van der Waals surface area contributed by atoms with Gasteiger partial charge in [-0.2, -0.15) is 0 Å². The molecule has 1 aliphatic rings. The molecule has 0 saturated heterocycles. The Morgan fingerprint density at radius 3 is 1.21 bits per heavy atom. The average Bonchev–Trinajstić information content (AvgIpc) is 2.58. The normalized spacial score (nSPS) is 24.4. The number of allylic oxidation sites excluding steroid dienone is 2. The maximum atomic E-state index is 11.0. The average molecular weight is 398 g/mol. The van der Waals surface area contributed by atoms with Crippen LogP contribution in [-0.4, -0.2) is 44.3 Å². The van der Waals surface area contributed by atoms with E-state index in [0.29, 0.717) is 25.7 Å². The van der Waals surface area contributed by atoms with Crippen LogP contribution in [0.1, 0.15) is 52.4 Å². The summed E-state index contributed by atoms with van der Waals surface area (Å²) in [4.78, 5) is 44.1. The molecule has 158 valence electrons. The Bertz CT molecular complexity index is 531. The van der Waals surface area contributed by atoms with Crippen LogP contribution < -0.4 is 0 Å². The van der Waals surface area contributed by atoms with Crippen molar-refractivity contribution in [3.8, 4) is 0 Å². The molecule has 0 bridgehead atoms. The van der Waals surface area contributed by atoms with Crippen LogP contribution >= 0.6 is 0 Å². The summed E-state index contributed by atoms with van der Waals surface area (Å²) in [7, 11) is 0. The van der Waals surface area contributed by atoms with Crippen molar-refractivity contribution in [3.63, 3.8) is 0 Å². The highest BCUT2D eigenvalue weighted by atomic mass is 16.4. The molecule has 0 fully saturated rings. The molecule has 4 atom stereocenters. The number of carboxylic acids is 4. The summed E-state index contributed by atoms with van der Waals surface area (Å²) in [6.07, 6.45) is 6.66. The first-order chi connectivity index (χ1) is 13.1. The highest BCUT2D eigenvalue weighted by Crippen LogP contribution is 2.40. The molecular weight excluding hydrogens is 368 g/mol. The lowest BCUT2D eigenvalue weighted by Crippen LogP contribution is -2.30. The van der Waals surface area contributed by atoms with Crippen LogP contribution in [0.2, 0.25) is 0 Å². The largest absolute Gasteiger partial charge is 0.481 e. The fourth-order valence-electron chi connectivity index (χ4n) is 4.19. The molecule has 0 amide bonds. The summed E-state index contributed by atoms with van der Waals surface area (Å²) in [6, 6.07) is 0. The van der Waals surface area contributed by atoms with E-state index >= 15 is 0 Å². The van der Waals surface area contributed by atoms with Crippen molar-refractivity contribution in [1.82, 2.24) is 0 Å². The van der Waals surface area contributed by atoms with E-state index in [1.165, 1.54) is 0 Å². The molecule has 0 aromatic rings. The van der Waals surface area contributed by atoms with Crippen LogP contribution in [0.3, 0.4) is 0 Å². The molecule has 1 aliphatic carbocycles. The zero-order chi connectivity index (χ0) is 21.4. The van der Waals surface area contributed by atoms with E-state index in [0.717, 1.165) is 0 Å². The third kappa shape index (κ3) is 6.65. The van der Waals surface area contributed by atoms with E-state index < -0.39 is 35.7 Å². The molecule has 8 heteroatoms. The number of hydrogen-bond acceptors (Lipinski definition) is 4. The molecule has 0 heterocycles. The molecule has 0 spiro atoms. The number of carboxylic acid groups (broad SMARTS) is 4. The molecule has 1 rings (SSSR count). The minimum Gasteiger partial charge on any atom is -0.481 e. The molecule has 0 aromatic carbocycles. The van der Waals surface area contributed by atoms with Gasteiger partial charge in [0.15, 0.2) is 11.8 Å². The van der Waals surface area contributed by atoms with Crippen molar-refractivity contribution in [2.75, 3.05) is 0 Å². The zero-order valence-electron chi connectivity index (χ0n) is 16.3. The van der Waals surface area contributed by atoms with E-state index in [1.807, 2.05) is 0 Å². The molecule has 0 aliphatic heterocycles. The van der Waals surface area contributed by atoms with Crippen molar-refractivity contribution >= 4 is 23.9 Å². The minimum atomic E-state index is -1.41. The zero-order valence-corrected chi connectivity index (χ0v) is 16.3. The third-order valence-electron chi connectivity index (χ3n) is 5.87. The topological polar surface area (TPSA) is 149 Å². The predicted octanol–water partition coefficient (Wildman–Crippen LogP) is 2.97. The lowest BCUT2D eigenvalue weighted by molar-refractivity contribution is -0.156. The van der Waals surface area contributed by atoms with Gasteiger partial charge in [0.25, 0.3) is 0 Å². The Hall–Kier alpha value is -2.38. The molecule has 28 heavy (non-hydrogen) atoms. The molecule has 0 aromatic heterocycles. The molecule has 8 nitrogen and oxygen atoms in total. The van der Waals surface area contributed by atoms with E-state index in [1.54, 1.807) is 0 Å². The second-order valence-electron chi connectivity index (χ2n) is 7.75. The summed E-state index contributed by atoms with van der Waals surface area (Å²) >= 11 is 0. The van der Waals surface area contributed by atoms with Crippen LogP contribution in [0.15, 0.2) is 12.2 Å². The number of carbonyl (C=O) groups is 4. The van der Waals surface area contributed by atoms with Crippen LogP contribution in [0.4, 0.5) is 0 Å². The van der Waals surface area contributed by atoms with Gasteiger partial charge < -0.3 is 20.4 Å². The second kappa shape index (κ2) is 10.8. The van der Waals surface area contributed by atoms with Gasteiger partial charge in [0.1, 0.15) is 0 Å². The van der Waals surface area contributed by atoms with E-state index in [9.17, 15) is 19.2 Å². The van der Waals surface area contributed by atoms with Crippen LogP contribution in [0.25, 0.3) is 0 Å². The smallest absolute Gasteiger partial charge is 0.317 e. The van der Waals surface area contributed by atoms with E-state index in [-0.39, 0.29) is 36.5 Å². The SMILES string of the molecule is CC1C=CC(C)C(CCCC(C(=O)O)C(=O)O)C1CCCC(C(=O)O)C(=O)O. The van der Waals surface area contributed by atoms with Crippen LogP contribution in [0, 0.1) is 35.5 Å². The highest BCUT2D eigenvalue weighted by molar-refractivity contribution is 5.93. The number of aliphatic carboxylic acids is 4. The van der Waals surface area contributed by atoms with Gasteiger partial charge in [-0.25, -0.2) is 0 Å². The Balaban J connectivity index is 2.69. The van der Waals surface area contributed by atoms with Gasteiger partial charge in [0, 0.05) is 0 Å². The summed E-state index contributed by atoms with van der Waals surface area (Å²) < 4.78 is 0. The van der Waals surface area contributed by atoms with Gasteiger partial charge in [0.05, 0.1) is 0 Å². The Morgan fingerprint density at radius 1 is 0.679 bits per heavy atom. The minimum absolute atomic E-state index is 0.0683. The van der Waals surface area contributed by atoms with Crippen LogP contribution in [-0.2, 0) is 19.2 Å². The molecular formula is C20H30O8. The molecule has 0 saturated carbocycles. The molecule has 0 radical (unpaired) electrons. The van der Waals surface area contributed by atoms with Crippen molar-refractivity contribution in [3.05, 3.63) is 12.2 Å². The number of rotatable bonds is 12. The third-order valence-corrected chi connectivity index (χ3v) is 5.87. The van der Waals surface area contributed by atoms with Crippen molar-refractivity contribution in [2.45, 2.75) is 52.4 Å². The Labute approximate surface area is 164 Å². The summed E-state index contributed by atoms with van der Waals surface area (Å²) in [5.74, 6) is -7.22. The lowest BCUT2D eigenvalue weighted by atomic mass is 9.67. The highest BCUT2D eigenvalue weighted by Gasteiger charge is 2.33. The van der Waals surface area contributed by atoms with E-state index in [4.69, 9.17) is 20.4 Å². The maximum absolute atomic E-state index is 11.0. The maximum Gasteiger partial charge on any atom is 0.317 e. The lowest BCUT2D eigenvalue weighted by Gasteiger charge is -2.38.